The van der Waals surface area contributed by atoms with E-state index in [4.69, 9.17) is 0 Å². The zero-order valence-corrected chi connectivity index (χ0v) is 16.9. The molecule has 9 heteroatoms. The Hall–Kier alpha value is -4.27. The van der Waals surface area contributed by atoms with Crippen LogP contribution in [-0.4, -0.2) is 36.9 Å². The molecule has 2 aromatic rings. The Bertz CT molecular complexity index is 1010. The minimum absolute atomic E-state index is 0.115. The van der Waals surface area contributed by atoms with Crippen molar-refractivity contribution >= 4 is 23.4 Å². The summed E-state index contributed by atoms with van der Waals surface area (Å²) in [5.74, 6) is -1.24. The third kappa shape index (κ3) is 6.10. The lowest BCUT2D eigenvalue weighted by Gasteiger charge is -2.12. The number of hydrogen-bond acceptors (Lipinski definition) is 8. The van der Waals surface area contributed by atoms with Crippen LogP contribution >= 0.6 is 0 Å². The van der Waals surface area contributed by atoms with Gasteiger partial charge < -0.3 is 14.8 Å². The van der Waals surface area contributed by atoms with Crippen LogP contribution in [0.15, 0.2) is 78.1 Å². The summed E-state index contributed by atoms with van der Waals surface area (Å²) < 4.78 is 9.05. The maximum absolute atomic E-state index is 12.1. The molecule has 0 fully saturated rings. The third-order valence-corrected chi connectivity index (χ3v) is 4.17. The Morgan fingerprint density at radius 2 is 1.39 bits per heavy atom. The number of carbonyl (C=O) groups excluding carboxylic acids is 3. The lowest BCUT2D eigenvalue weighted by molar-refractivity contribution is -0.385. The molecule has 0 saturated carbocycles. The summed E-state index contributed by atoms with van der Waals surface area (Å²) in [6.07, 6.45) is 3.23. The number of nitro groups is 1. The summed E-state index contributed by atoms with van der Waals surface area (Å²) in [6.45, 7) is 0. The van der Waals surface area contributed by atoms with Gasteiger partial charge in [-0.2, -0.15) is 0 Å². The maximum Gasteiger partial charge on any atom is 0.335 e. The Labute approximate surface area is 178 Å². The van der Waals surface area contributed by atoms with Gasteiger partial charge in [-0.15, -0.1) is 0 Å². The maximum atomic E-state index is 12.1. The van der Waals surface area contributed by atoms with Crippen molar-refractivity contribution in [2.24, 2.45) is 0 Å². The van der Waals surface area contributed by atoms with Crippen molar-refractivity contribution in [3.8, 4) is 0 Å². The SMILES string of the molecule is COC(=O)C1=CNC=C(C(=O)OC)C1.O=C(c1ccccc1)c1ccccc1[N+](=O)[O-]. The first-order valence-corrected chi connectivity index (χ1v) is 9.03. The fourth-order valence-electron chi connectivity index (χ4n) is 2.64. The van der Waals surface area contributed by atoms with Gasteiger partial charge in [0.1, 0.15) is 5.56 Å². The molecule has 0 bridgehead atoms. The largest absolute Gasteiger partial charge is 0.466 e. The molecule has 0 spiro atoms. The number of esters is 2. The van der Waals surface area contributed by atoms with Crippen LogP contribution in [0.5, 0.6) is 0 Å². The average molecular weight is 424 g/mol. The van der Waals surface area contributed by atoms with Gasteiger partial charge in [-0.3, -0.25) is 14.9 Å². The Morgan fingerprint density at radius 3 is 1.90 bits per heavy atom. The first-order valence-electron chi connectivity index (χ1n) is 9.03. The second-order valence-electron chi connectivity index (χ2n) is 6.14. The van der Waals surface area contributed by atoms with Crippen molar-refractivity contribution in [1.29, 1.82) is 0 Å². The molecule has 0 saturated heterocycles. The number of rotatable bonds is 5. The number of benzene rings is 2. The van der Waals surface area contributed by atoms with Gasteiger partial charge in [0.2, 0.25) is 0 Å². The molecular weight excluding hydrogens is 404 g/mol. The van der Waals surface area contributed by atoms with Gasteiger partial charge in [0.05, 0.1) is 30.3 Å². The average Bonchev–Trinajstić information content (AvgIpc) is 2.83. The van der Waals surface area contributed by atoms with Crippen molar-refractivity contribution in [3.05, 3.63) is 99.4 Å². The predicted octanol–water partition coefficient (Wildman–Crippen LogP) is 2.92. The molecule has 2 aromatic carbocycles. The van der Waals surface area contributed by atoms with E-state index in [0.29, 0.717) is 16.7 Å². The fraction of sp³-hybridized carbons (Fsp3) is 0.136. The van der Waals surface area contributed by atoms with E-state index in [0.717, 1.165) is 0 Å². The highest BCUT2D eigenvalue weighted by Gasteiger charge is 2.20. The lowest BCUT2D eigenvalue weighted by Crippen LogP contribution is -2.18. The molecular formula is C22H20N2O7. The van der Waals surface area contributed by atoms with Crippen LogP contribution in [-0.2, 0) is 19.1 Å². The van der Waals surface area contributed by atoms with E-state index in [1.54, 1.807) is 42.5 Å². The molecule has 0 atom stereocenters. The summed E-state index contributed by atoms with van der Waals surface area (Å²) in [5, 5.41) is 13.5. The number of hydrogen-bond donors (Lipinski definition) is 1. The van der Waals surface area contributed by atoms with E-state index in [9.17, 15) is 24.5 Å². The minimum atomic E-state index is -0.545. The summed E-state index contributed by atoms with van der Waals surface area (Å²) >= 11 is 0. The number of carbonyl (C=O) groups is 3. The molecule has 9 nitrogen and oxygen atoms in total. The van der Waals surface area contributed by atoms with Gasteiger partial charge in [0.15, 0.2) is 5.78 Å². The topological polar surface area (TPSA) is 125 Å². The van der Waals surface area contributed by atoms with Crippen molar-refractivity contribution in [2.75, 3.05) is 14.2 Å². The molecule has 160 valence electrons. The first-order chi connectivity index (χ1) is 14.9. The normalized spacial score (nSPS) is 12.1. The highest BCUT2D eigenvalue weighted by Crippen LogP contribution is 2.21. The number of nitrogens with zero attached hydrogens (tertiary/aromatic N) is 1. The first kappa shape index (κ1) is 23.0. The molecule has 1 aliphatic rings. The summed E-state index contributed by atoms with van der Waals surface area (Å²) in [5.41, 5.74) is 1.19. The van der Waals surface area contributed by atoms with Gasteiger partial charge in [0.25, 0.3) is 5.69 Å². The molecule has 0 unspecified atom stereocenters. The summed E-state index contributed by atoms with van der Waals surface area (Å²) in [7, 11) is 2.58. The highest BCUT2D eigenvalue weighted by atomic mass is 16.6. The van der Waals surface area contributed by atoms with E-state index in [2.05, 4.69) is 14.8 Å². The van der Waals surface area contributed by atoms with Crippen molar-refractivity contribution in [3.63, 3.8) is 0 Å². The number of ketones is 1. The number of methoxy groups -OCH3 is 2. The van der Waals surface area contributed by atoms with Crippen molar-refractivity contribution < 1.29 is 28.8 Å². The van der Waals surface area contributed by atoms with Crippen molar-refractivity contribution in [1.82, 2.24) is 5.32 Å². The van der Waals surface area contributed by atoms with Crippen LogP contribution in [0, 0.1) is 10.1 Å². The lowest BCUT2D eigenvalue weighted by atomic mass is 10.0. The second kappa shape index (κ2) is 11.1. The monoisotopic (exact) mass is 424 g/mol. The fourth-order valence-corrected chi connectivity index (χ4v) is 2.64. The van der Waals surface area contributed by atoms with Gasteiger partial charge in [-0.25, -0.2) is 9.59 Å². The van der Waals surface area contributed by atoms with Gasteiger partial charge >= 0.3 is 11.9 Å². The van der Waals surface area contributed by atoms with E-state index in [1.807, 2.05) is 0 Å². The standard InChI is InChI=1S/C13H9NO3.C9H11NO4/c15-13(10-6-2-1-3-7-10)11-8-4-5-9-12(11)14(16)17;1-13-8(11)6-3-7(5-10-4-6)9(12)14-2/h1-9H;4-5,10H,3H2,1-2H3. The molecule has 1 heterocycles. The van der Waals surface area contributed by atoms with Crippen LogP contribution in [0.1, 0.15) is 22.3 Å². The zero-order valence-electron chi connectivity index (χ0n) is 16.9. The molecule has 0 aromatic heterocycles. The van der Waals surface area contributed by atoms with Crippen LogP contribution in [0.2, 0.25) is 0 Å². The molecule has 0 aliphatic carbocycles. The van der Waals surface area contributed by atoms with E-state index < -0.39 is 16.9 Å². The molecule has 3 rings (SSSR count). The summed E-state index contributed by atoms with van der Waals surface area (Å²) in [6, 6.07) is 14.5. The van der Waals surface area contributed by atoms with Crippen LogP contribution in [0.3, 0.4) is 0 Å². The molecule has 0 radical (unpaired) electrons. The summed E-state index contributed by atoms with van der Waals surface area (Å²) in [4.78, 5) is 44.6. The Kier molecular flexibility index (Phi) is 8.21. The molecule has 1 aliphatic heterocycles. The number of dihydropyridines is 1. The van der Waals surface area contributed by atoms with Crippen LogP contribution in [0.4, 0.5) is 5.69 Å². The molecule has 0 amide bonds. The number of nitrogens with one attached hydrogen (secondary N) is 1. The van der Waals surface area contributed by atoms with Gasteiger partial charge in [0, 0.05) is 30.5 Å². The molecule has 31 heavy (non-hydrogen) atoms. The highest BCUT2D eigenvalue weighted by molar-refractivity contribution is 6.11. The van der Waals surface area contributed by atoms with E-state index >= 15 is 0 Å². The van der Waals surface area contributed by atoms with Crippen LogP contribution in [0.25, 0.3) is 0 Å². The Morgan fingerprint density at radius 1 is 0.871 bits per heavy atom. The van der Waals surface area contributed by atoms with Crippen LogP contribution < -0.4 is 5.32 Å². The zero-order chi connectivity index (χ0) is 22.8. The quantitative estimate of drug-likeness (QED) is 0.336. The smallest absolute Gasteiger partial charge is 0.335 e. The van der Waals surface area contributed by atoms with Gasteiger partial charge in [-0.05, 0) is 6.07 Å². The van der Waals surface area contributed by atoms with Gasteiger partial charge in [-0.1, -0.05) is 42.5 Å². The van der Waals surface area contributed by atoms with Crippen molar-refractivity contribution in [2.45, 2.75) is 6.42 Å². The minimum Gasteiger partial charge on any atom is -0.466 e. The predicted molar refractivity (Wildman–Crippen MR) is 111 cm³/mol. The second-order valence-corrected chi connectivity index (χ2v) is 6.14. The Balaban J connectivity index is 0.000000225. The third-order valence-electron chi connectivity index (χ3n) is 4.17. The number of nitro benzene ring substituents is 1. The molecule has 1 N–H and O–H groups in total. The number of ether oxygens (including phenoxy) is 2. The number of para-hydroxylation sites is 1. The van der Waals surface area contributed by atoms with E-state index in [1.165, 1.54) is 38.8 Å². The van der Waals surface area contributed by atoms with E-state index in [-0.39, 0.29) is 23.5 Å².